The number of unbranched alkanes of at least 4 members (excludes halogenated alkanes) is 1. The van der Waals surface area contributed by atoms with Crippen molar-refractivity contribution in [3.63, 3.8) is 0 Å². The van der Waals surface area contributed by atoms with Crippen LogP contribution in [-0.4, -0.2) is 28.8 Å². The molecular formula is C24H25ClN2OS. The molecule has 5 heteroatoms. The van der Waals surface area contributed by atoms with Gasteiger partial charge in [-0.1, -0.05) is 48.0 Å². The van der Waals surface area contributed by atoms with E-state index in [9.17, 15) is 4.79 Å². The van der Waals surface area contributed by atoms with Crippen LogP contribution in [0.1, 0.15) is 51.4 Å². The lowest BCUT2D eigenvalue weighted by atomic mass is 9.99. The van der Waals surface area contributed by atoms with E-state index in [1.807, 2.05) is 29.6 Å². The van der Waals surface area contributed by atoms with Crippen LogP contribution < -0.4 is 0 Å². The Balaban J connectivity index is 1.20. The van der Waals surface area contributed by atoms with Crippen molar-refractivity contribution in [2.45, 2.75) is 38.6 Å². The first-order valence-electron chi connectivity index (χ1n) is 10.2. The summed E-state index contributed by atoms with van der Waals surface area (Å²) in [6.45, 7) is 3.20. The second kappa shape index (κ2) is 9.66. The highest BCUT2D eigenvalue weighted by molar-refractivity contribution is 7.09. The van der Waals surface area contributed by atoms with Crippen molar-refractivity contribution < 1.29 is 4.79 Å². The number of benzene rings is 2. The van der Waals surface area contributed by atoms with Gasteiger partial charge in [-0.25, -0.2) is 4.98 Å². The lowest BCUT2D eigenvalue weighted by molar-refractivity contribution is 0.0973. The third-order valence-corrected chi connectivity index (χ3v) is 6.54. The van der Waals surface area contributed by atoms with Crippen LogP contribution in [0, 0.1) is 0 Å². The Labute approximate surface area is 181 Å². The molecule has 0 saturated heterocycles. The number of halogens is 1. The molecule has 0 atom stereocenters. The summed E-state index contributed by atoms with van der Waals surface area (Å²) >= 11 is 7.49. The molecule has 3 aromatic rings. The Morgan fingerprint density at radius 1 is 1.07 bits per heavy atom. The fourth-order valence-electron chi connectivity index (χ4n) is 3.79. The number of aromatic nitrogens is 1. The number of ketones is 1. The van der Waals surface area contributed by atoms with Crippen LogP contribution >= 0.6 is 22.9 Å². The van der Waals surface area contributed by atoms with Crippen LogP contribution in [0.5, 0.6) is 0 Å². The van der Waals surface area contributed by atoms with Gasteiger partial charge in [0.2, 0.25) is 0 Å². The molecular weight excluding hydrogens is 400 g/mol. The number of carbonyl (C=O) groups is 1. The highest BCUT2D eigenvalue weighted by Crippen LogP contribution is 2.20. The van der Waals surface area contributed by atoms with E-state index in [2.05, 4.69) is 34.1 Å². The van der Waals surface area contributed by atoms with Crippen LogP contribution in [0.2, 0.25) is 5.02 Å². The van der Waals surface area contributed by atoms with Gasteiger partial charge in [0, 0.05) is 36.3 Å². The predicted molar refractivity (Wildman–Crippen MR) is 120 cm³/mol. The minimum Gasteiger partial charge on any atom is -0.299 e. The Bertz CT molecular complexity index is 967. The molecule has 0 bridgehead atoms. The first kappa shape index (κ1) is 20.3. The minimum atomic E-state index is 0.160. The van der Waals surface area contributed by atoms with Gasteiger partial charge < -0.3 is 0 Å². The fourth-order valence-corrected chi connectivity index (χ4v) is 4.75. The van der Waals surface area contributed by atoms with Crippen molar-refractivity contribution in [1.29, 1.82) is 0 Å². The monoisotopic (exact) mass is 424 g/mol. The first-order chi connectivity index (χ1) is 14.2. The van der Waals surface area contributed by atoms with E-state index in [-0.39, 0.29) is 5.78 Å². The normalized spacial score (nSPS) is 14.0. The maximum absolute atomic E-state index is 12.5. The molecule has 0 spiro atoms. The maximum Gasteiger partial charge on any atom is 0.182 e. The van der Waals surface area contributed by atoms with Crippen molar-refractivity contribution in [1.82, 2.24) is 9.88 Å². The summed E-state index contributed by atoms with van der Waals surface area (Å²) in [4.78, 5) is 19.5. The zero-order chi connectivity index (χ0) is 20.1. The molecule has 1 aliphatic rings. The number of thiazole rings is 1. The topological polar surface area (TPSA) is 33.2 Å². The van der Waals surface area contributed by atoms with Crippen LogP contribution in [0.25, 0.3) is 0 Å². The summed E-state index contributed by atoms with van der Waals surface area (Å²) in [7, 11) is 0. The van der Waals surface area contributed by atoms with Gasteiger partial charge in [-0.2, -0.15) is 0 Å². The number of nitrogens with zero attached hydrogens (tertiary/aromatic N) is 2. The molecule has 29 heavy (non-hydrogen) atoms. The van der Waals surface area contributed by atoms with Crippen molar-refractivity contribution in [3.05, 3.63) is 86.3 Å². The van der Waals surface area contributed by atoms with Gasteiger partial charge >= 0.3 is 0 Å². The summed E-state index contributed by atoms with van der Waals surface area (Å²) in [5.74, 6) is 0.160. The third-order valence-electron chi connectivity index (χ3n) is 5.44. The molecule has 0 fully saturated rings. The van der Waals surface area contributed by atoms with Gasteiger partial charge in [0.1, 0.15) is 5.69 Å². The largest absolute Gasteiger partial charge is 0.299 e. The molecule has 3 nitrogen and oxygen atoms in total. The van der Waals surface area contributed by atoms with E-state index in [1.165, 1.54) is 11.1 Å². The number of carbonyl (C=O) groups excluding carboxylic acids is 1. The molecule has 2 aromatic carbocycles. The Kier molecular flexibility index (Phi) is 6.75. The molecule has 1 aliphatic heterocycles. The van der Waals surface area contributed by atoms with Crippen molar-refractivity contribution in [3.8, 4) is 0 Å². The average molecular weight is 425 g/mol. The van der Waals surface area contributed by atoms with Crippen molar-refractivity contribution in [2.75, 3.05) is 13.1 Å². The van der Waals surface area contributed by atoms with E-state index in [0.717, 1.165) is 60.9 Å². The van der Waals surface area contributed by atoms with Crippen molar-refractivity contribution in [2.24, 2.45) is 0 Å². The minimum absolute atomic E-state index is 0.160. The Morgan fingerprint density at radius 2 is 1.86 bits per heavy atom. The summed E-state index contributed by atoms with van der Waals surface area (Å²) in [5.41, 5.74) is 4.71. The van der Waals surface area contributed by atoms with Crippen LogP contribution in [-0.2, 0) is 19.4 Å². The van der Waals surface area contributed by atoms with Crippen LogP contribution in [0.4, 0.5) is 0 Å². The van der Waals surface area contributed by atoms with E-state index in [0.29, 0.717) is 12.1 Å². The van der Waals surface area contributed by atoms with E-state index in [1.54, 1.807) is 11.3 Å². The molecule has 0 N–H and O–H groups in total. The molecule has 2 heterocycles. The molecule has 0 unspecified atom stereocenters. The summed E-state index contributed by atoms with van der Waals surface area (Å²) in [6.07, 6.45) is 4.42. The summed E-state index contributed by atoms with van der Waals surface area (Å²) in [6, 6.07) is 16.5. The second-order valence-electron chi connectivity index (χ2n) is 7.60. The van der Waals surface area contributed by atoms with E-state index >= 15 is 0 Å². The zero-order valence-electron chi connectivity index (χ0n) is 16.4. The maximum atomic E-state index is 12.5. The average Bonchev–Trinajstić information content (AvgIpc) is 3.21. The molecule has 0 amide bonds. The summed E-state index contributed by atoms with van der Waals surface area (Å²) < 4.78 is 0. The highest BCUT2D eigenvalue weighted by atomic mass is 35.5. The smallest absolute Gasteiger partial charge is 0.182 e. The number of rotatable bonds is 8. The van der Waals surface area contributed by atoms with Gasteiger partial charge in [-0.05, 0) is 54.6 Å². The molecule has 0 aliphatic carbocycles. The molecule has 150 valence electrons. The highest BCUT2D eigenvalue weighted by Gasteiger charge is 2.16. The molecule has 0 saturated carbocycles. The van der Waals surface area contributed by atoms with Gasteiger partial charge in [-0.15, -0.1) is 11.3 Å². The van der Waals surface area contributed by atoms with Gasteiger partial charge in [0.25, 0.3) is 0 Å². The molecule has 0 radical (unpaired) electrons. The third kappa shape index (κ3) is 5.53. The number of hydrogen-bond acceptors (Lipinski definition) is 4. The van der Waals surface area contributed by atoms with E-state index < -0.39 is 0 Å². The Hall–Kier alpha value is -2.01. The van der Waals surface area contributed by atoms with Gasteiger partial charge in [-0.3, -0.25) is 9.69 Å². The number of Topliss-reactive ketones (excluding diaryl/α,β-unsaturated/α-hetero) is 1. The van der Waals surface area contributed by atoms with Crippen molar-refractivity contribution >= 4 is 28.7 Å². The number of hydrogen-bond donors (Lipinski definition) is 0. The van der Waals surface area contributed by atoms with Gasteiger partial charge in [0.05, 0.1) is 5.01 Å². The zero-order valence-corrected chi connectivity index (χ0v) is 18.0. The molecule has 4 rings (SSSR count). The van der Waals surface area contributed by atoms with Crippen LogP contribution in [0.3, 0.4) is 0 Å². The molecule has 1 aromatic heterocycles. The van der Waals surface area contributed by atoms with Gasteiger partial charge in [0.15, 0.2) is 5.78 Å². The Morgan fingerprint density at radius 3 is 2.69 bits per heavy atom. The second-order valence-corrected chi connectivity index (χ2v) is 8.98. The standard InChI is InChI=1S/C24H25ClN2OS/c25-21-10-8-18(9-11-21)15-24-26-22(17-29-24)23(28)7-3-4-13-27-14-12-19-5-1-2-6-20(19)16-27/h1-2,5-6,8-11,17H,3-4,7,12-16H2. The summed E-state index contributed by atoms with van der Waals surface area (Å²) in [5, 5.41) is 3.61. The SMILES string of the molecule is O=C(CCCCN1CCc2ccccc2C1)c1csc(Cc2ccc(Cl)cc2)n1. The first-order valence-corrected chi connectivity index (χ1v) is 11.4. The fraction of sp³-hybridized carbons (Fsp3) is 0.333. The lowest BCUT2D eigenvalue weighted by Gasteiger charge is -2.28. The predicted octanol–water partition coefficient (Wildman–Crippen LogP) is 5.80. The van der Waals surface area contributed by atoms with Crippen LogP contribution in [0.15, 0.2) is 53.9 Å². The number of fused-ring (bicyclic) bond motifs is 1. The quantitative estimate of drug-likeness (QED) is 0.338. The van der Waals surface area contributed by atoms with E-state index in [4.69, 9.17) is 11.6 Å². The lowest BCUT2D eigenvalue weighted by Crippen LogP contribution is -2.31.